The lowest BCUT2D eigenvalue weighted by Crippen LogP contribution is -2.25. The van der Waals surface area contributed by atoms with E-state index in [0.29, 0.717) is 12.2 Å². The minimum absolute atomic E-state index is 0.398. The van der Waals surface area contributed by atoms with Gasteiger partial charge in [-0.05, 0) is 38.5 Å². The van der Waals surface area contributed by atoms with Crippen molar-refractivity contribution in [1.29, 1.82) is 0 Å². The molecule has 0 unspecified atom stereocenters. The number of hydrogen-bond donors (Lipinski definition) is 0. The first-order valence-electron chi connectivity index (χ1n) is 5.26. The first kappa shape index (κ1) is 10.0. The van der Waals surface area contributed by atoms with Crippen LogP contribution in [0.3, 0.4) is 0 Å². The Labute approximate surface area is 76.5 Å². The van der Waals surface area contributed by atoms with E-state index in [9.17, 15) is 0 Å². The summed E-state index contributed by atoms with van der Waals surface area (Å²) < 4.78 is 5.89. The zero-order valence-electron chi connectivity index (χ0n) is 8.84. The first-order valence-corrected chi connectivity index (χ1v) is 5.26. The van der Waals surface area contributed by atoms with E-state index >= 15 is 0 Å². The van der Waals surface area contributed by atoms with Crippen LogP contribution in [0, 0.1) is 11.8 Å². The van der Waals surface area contributed by atoms with Crippen LogP contribution in [0.4, 0.5) is 0 Å². The molecule has 0 spiro atoms. The smallest absolute Gasteiger partial charge is 0.0609 e. The van der Waals surface area contributed by atoms with Gasteiger partial charge in [0, 0.05) is 0 Å². The Morgan fingerprint density at radius 2 is 1.75 bits per heavy atom. The van der Waals surface area contributed by atoms with Crippen molar-refractivity contribution in [2.75, 3.05) is 0 Å². The Balaban J connectivity index is 2.41. The quantitative estimate of drug-likeness (QED) is 0.632. The van der Waals surface area contributed by atoms with Crippen molar-refractivity contribution in [3.05, 3.63) is 0 Å². The fraction of sp³-hybridized carbons (Fsp3) is 1.00. The molecule has 0 aromatic rings. The van der Waals surface area contributed by atoms with E-state index in [1.165, 1.54) is 19.3 Å². The van der Waals surface area contributed by atoms with Gasteiger partial charge in [0.15, 0.2) is 0 Å². The van der Waals surface area contributed by atoms with Crippen molar-refractivity contribution < 1.29 is 4.74 Å². The molecule has 0 bridgehead atoms. The van der Waals surface area contributed by atoms with Gasteiger partial charge in [0.05, 0.1) is 12.2 Å². The minimum atomic E-state index is 0.398. The molecule has 1 saturated carbocycles. The molecule has 0 aliphatic heterocycles. The molecule has 0 radical (unpaired) electrons. The highest BCUT2D eigenvalue weighted by atomic mass is 16.5. The second kappa shape index (κ2) is 4.27. The van der Waals surface area contributed by atoms with Crippen molar-refractivity contribution in [1.82, 2.24) is 0 Å². The van der Waals surface area contributed by atoms with E-state index in [1.54, 1.807) is 0 Å². The summed E-state index contributed by atoms with van der Waals surface area (Å²) in [7, 11) is 0. The predicted octanol–water partition coefficient (Wildman–Crippen LogP) is 3.24. The Hall–Kier alpha value is -0.0400. The molecule has 1 aliphatic rings. The third-order valence-electron chi connectivity index (χ3n) is 2.81. The summed E-state index contributed by atoms with van der Waals surface area (Å²) in [5, 5.41) is 0. The summed E-state index contributed by atoms with van der Waals surface area (Å²) >= 11 is 0. The van der Waals surface area contributed by atoms with Gasteiger partial charge in [-0.3, -0.25) is 0 Å². The fourth-order valence-corrected chi connectivity index (χ4v) is 2.24. The van der Waals surface area contributed by atoms with E-state index in [2.05, 4.69) is 27.7 Å². The zero-order valence-corrected chi connectivity index (χ0v) is 8.84. The third kappa shape index (κ3) is 2.48. The maximum Gasteiger partial charge on any atom is 0.0609 e. The average molecular weight is 170 g/mol. The number of hydrogen-bond acceptors (Lipinski definition) is 1. The average Bonchev–Trinajstić information content (AvgIpc) is 2.33. The van der Waals surface area contributed by atoms with E-state index in [4.69, 9.17) is 4.74 Å². The summed E-state index contributed by atoms with van der Waals surface area (Å²) in [6.07, 6.45) is 4.95. The van der Waals surface area contributed by atoms with Crippen LogP contribution in [0.2, 0.25) is 0 Å². The minimum Gasteiger partial charge on any atom is -0.375 e. The molecule has 1 aliphatic carbocycles. The molecule has 0 saturated heterocycles. The van der Waals surface area contributed by atoms with Crippen LogP contribution in [-0.4, -0.2) is 12.2 Å². The van der Waals surface area contributed by atoms with Gasteiger partial charge in [-0.2, -0.15) is 0 Å². The molecular formula is C11H22O. The van der Waals surface area contributed by atoms with Crippen LogP contribution in [0.1, 0.15) is 47.0 Å². The zero-order chi connectivity index (χ0) is 9.14. The van der Waals surface area contributed by atoms with Gasteiger partial charge >= 0.3 is 0 Å². The summed E-state index contributed by atoms with van der Waals surface area (Å²) in [6.45, 7) is 8.89. The Bertz CT molecular complexity index is 129. The molecule has 1 nitrogen and oxygen atoms in total. The summed E-state index contributed by atoms with van der Waals surface area (Å²) in [5.74, 6) is 1.60. The van der Waals surface area contributed by atoms with Crippen LogP contribution in [-0.2, 0) is 4.74 Å². The highest BCUT2D eigenvalue weighted by Gasteiger charge is 2.30. The van der Waals surface area contributed by atoms with Crippen molar-refractivity contribution in [3.8, 4) is 0 Å². The van der Waals surface area contributed by atoms with Gasteiger partial charge in [-0.15, -0.1) is 0 Å². The third-order valence-corrected chi connectivity index (χ3v) is 2.81. The molecule has 1 fully saturated rings. The number of ether oxygens (including phenoxy) is 1. The van der Waals surface area contributed by atoms with Crippen LogP contribution >= 0.6 is 0 Å². The molecule has 2 atom stereocenters. The Morgan fingerprint density at radius 1 is 1.08 bits per heavy atom. The summed E-state index contributed by atoms with van der Waals surface area (Å²) in [4.78, 5) is 0. The van der Waals surface area contributed by atoms with Gasteiger partial charge in [0.1, 0.15) is 0 Å². The molecule has 0 aromatic carbocycles. The van der Waals surface area contributed by atoms with Gasteiger partial charge in [0.25, 0.3) is 0 Å². The van der Waals surface area contributed by atoms with Gasteiger partial charge in [-0.25, -0.2) is 0 Å². The molecule has 0 N–H and O–H groups in total. The van der Waals surface area contributed by atoms with E-state index in [0.717, 1.165) is 11.8 Å². The van der Waals surface area contributed by atoms with Gasteiger partial charge in [0.2, 0.25) is 0 Å². The van der Waals surface area contributed by atoms with Crippen molar-refractivity contribution >= 4 is 0 Å². The van der Waals surface area contributed by atoms with Crippen LogP contribution in [0.15, 0.2) is 0 Å². The van der Waals surface area contributed by atoms with Gasteiger partial charge in [-0.1, -0.05) is 20.3 Å². The number of rotatable bonds is 3. The van der Waals surface area contributed by atoms with Gasteiger partial charge < -0.3 is 4.74 Å². The predicted molar refractivity (Wildman–Crippen MR) is 52.2 cm³/mol. The Morgan fingerprint density at radius 3 is 2.25 bits per heavy atom. The first-order chi connectivity index (χ1) is 5.61. The molecule has 72 valence electrons. The normalized spacial score (nSPS) is 30.5. The fourth-order valence-electron chi connectivity index (χ4n) is 2.24. The molecule has 0 amide bonds. The molecule has 0 aromatic heterocycles. The standard InChI is InChI=1S/C11H22O/c1-8(2)10-6-5-7-11(10)12-9(3)4/h8-11H,5-7H2,1-4H3/t10-,11-/m0/s1. The monoisotopic (exact) mass is 170 g/mol. The largest absolute Gasteiger partial charge is 0.375 e. The molecule has 12 heavy (non-hydrogen) atoms. The summed E-state index contributed by atoms with van der Waals surface area (Å²) in [6, 6.07) is 0. The lowest BCUT2D eigenvalue weighted by molar-refractivity contribution is -0.0233. The topological polar surface area (TPSA) is 9.23 Å². The highest BCUT2D eigenvalue weighted by Crippen LogP contribution is 2.34. The maximum absolute atomic E-state index is 5.89. The highest BCUT2D eigenvalue weighted by molar-refractivity contribution is 4.80. The molecule has 0 heterocycles. The van der Waals surface area contributed by atoms with Crippen molar-refractivity contribution in [2.45, 2.75) is 59.2 Å². The molecule has 1 heteroatoms. The molecule has 1 rings (SSSR count). The van der Waals surface area contributed by atoms with Crippen molar-refractivity contribution in [2.24, 2.45) is 11.8 Å². The van der Waals surface area contributed by atoms with Crippen LogP contribution in [0.5, 0.6) is 0 Å². The second-order valence-electron chi connectivity index (χ2n) is 4.56. The van der Waals surface area contributed by atoms with Crippen LogP contribution < -0.4 is 0 Å². The van der Waals surface area contributed by atoms with Crippen LogP contribution in [0.25, 0.3) is 0 Å². The second-order valence-corrected chi connectivity index (χ2v) is 4.56. The van der Waals surface area contributed by atoms with E-state index in [-0.39, 0.29) is 0 Å². The summed E-state index contributed by atoms with van der Waals surface area (Å²) in [5.41, 5.74) is 0. The maximum atomic E-state index is 5.89. The Kier molecular flexibility index (Phi) is 3.57. The lowest BCUT2D eigenvalue weighted by Gasteiger charge is -2.25. The molecular weight excluding hydrogens is 148 g/mol. The van der Waals surface area contributed by atoms with Crippen molar-refractivity contribution in [3.63, 3.8) is 0 Å². The lowest BCUT2D eigenvalue weighted by atomic mass is 9.92. The van der Waals surface area contributed by atoms with E-state index in [1.807, 2.05) is 0 Å². The van der Waals surface area contributed by atoms with E-state index < -0.39 is 0 Å². The SMILES string of the molecule is CC(C)O[C@H]1CCC[C@H]1C(C)C.